The van der Waals surface area contributed by atoms with Gasteiger partial charge in [0, 0.05) is 31.7 Å². The van der Waals surface area contributed by atoms with Crippen LogP contribution in [0, 0.1) is 11.3 Å². The molecule has 1 N–H and O–H groups in total. The van der Waals surface area contributed by atoms with Crippen molar-refractivity contribution in [1.29, 1.82) is 0 Å². The molecular weight excluding hydrogens is 248 g/mol. The van der Waals surface area contributed by atoms with Gasteiger partial charge in [0.2, 0.25) is 0 Å². The molecule has 0 aromatic carbocycles. The second-order valence-electron chi connectivity index (χ2n) is 6.88. The molecule has 2 aliphatic heterocycles. The highest BCUT2D eigenvalue weighted by molar-refractivity contribution is 4.91. The number of ether oxygens (including phenoxy) is 1. The van der Waals surface area contributed by atoms with Gasteiger partial charge in [0.1, 0.15) is 0 Å². The SMILES string of the molecule is CCCNC(CN1CCC(CC)(CC)C1)C1CCOC1. The number of hydrogen-bond acceptors (Lipinski definition) is 3. The molecule has 3 nitrogen and oxygen atoms in total. The van der Waals surface area contributed by atoms with E-state index in [-0.39, 0.29) is 0 Å². The van der Waals surface area contributed by atoms with Gasteiger partial charge in [-0.15, -0.1) is 0 Å². The molecular formula is C17H34N2O. The Kier molecular flexibility index (Phi) is 6.31. The Morgan fingerprint density at radius 3 is 2.65 bits per heavy atom. The van der Waals surface area contributed by atoms with Crippen LogP contribution in [-0.4, -0.2) is 50.3 Å². The van der Waals surface area contributed by atoms with Crippen LogP contribution < -0.4 is 5.32 Å². The number of rotatable bonds is 8. The molecule has 0 aromatic heterocycles. The molecule has 2 heterocycles. The van der Waals surface area contributed by atoms with Crippen molar-refractivity contribution in [2.75, 3.05) is 39.4 Å². The third kappa shape index (κ3) is 3.96. The molecule has 118 valence electrons. The highest BCUT2D eigenvalue weighted by Crippen LogP contribution is 2.37. The summed E-state index contributed by atoms with van der Waals surface area (Å²) in [7, 11) is 0. The summed E-state index contributed by atoms with van der Waals surface area (Å²) in [4.78, 5) is 2.71. The minimum atomic E-state index is 0.599. The lowest BCUT2D eigenvalue weighted by molar-refractivity contribution is 0.161. The topological polar surface area (TPSA) is 24.5 Å². The fourth-order valence-corrected chi connectivity index (χ4v) is 3.87. The Hall–Kier alpha value is -0.120. The Bertz CT molecular complexity index is 272. The van der Waals surface area contributed by atoms with Gasteiger partial charge in [0.05, 0.1) is 6.61 Å². The van der Waals surface area contributed by atoms with Crippen molar-refractivity contribution in [3.8, 4) is 0 Å². The summed E-state index contributed by atoms with van der Waals surface area (Å²) in [6.07, 6.45) is 6.51. The fraction of sp³-hybridized carbons (Fsp3) is 1.00. The molecule has 0 radical (unpaired) electrons. The Morgan fingerprint density at radius 2 is 2.10 bits per heavy atom. The maximum Gasteiger partial charge on any atom is 0.0510 e. The summed E-state index contributed by atoms with van der Waals surface area (Å²) in [5.41, 5.74) is 0.599. The standard InChI is InChI=1S/C17H34N2O/c1-4-9-18-16(15-7-11-20-13-15)12-19-10-8-17(5-2,6-3)14-19/h15-16,18H,4-14H2,1-3H3. The van der Waals surface area contributed by atoms with E-state index in [1.54, 1.807) is 0 Å². The van der Waals surface area contributed by atoms with Crippen LogP contribution >= 0.6 is 0 Å². The number of hydrogen-bond donors (Lipinski definition) is 1. The first kappa shape index (κ1) is 16.3. The van der Waals surface area contributed by atoms with Gasteiger partial charge in [-0.3, -0.25) is 0 Å². The largest absolute Gasteiger partial charge is 0.381 e. The van der Waals surface area contributed by atoms with Gasteiger partial charge in [-0.25, -0.2) is 0 Å². The molecule has 0 aliphatic carbocycles. The van der Waals surface area contributed by atoms with Gasteiger partial charge in [-0.05, 0) is 50.6 Å². The molecule has 0 saturated carbocycles. The van der Waals surface area contributed by atoms with Gasteiger partial charge in [0.25, 0.3) is 0 Å². The van der Waals surface area contributed by atoms with Crippen LogP contribution in [0.4, 0.5) is 0 Å². The summed E-state index contributed by atoms with van der Waals surface area (Å²) in [5, 5.41) is 3.78. The molecule has 2 atom stereocenters. The van der Waals surface area contributed by atoms with Crippen molar-refractivity contribution in [2.45, 2.75) is 58.9 Å². The average molecular weight is 282 g/mol. The first-order valence-electron chi connectivity index (χ1n) is 8.76. The number of nitrogens with zero attached hydrogens (tertiary/aromatic N) is 1. The highest BCUT2D eigenvalue weighted by Gasteiger charge is 2.36. The third-order valence-corrected chi connectivity index (χ3v) is 5.66. The maximum atomic E-state index is 5.61. The molecule has 0 bridgehead atoms. The zero-order valence-corrected chi connectivity index (χ0v) is 13.8. The molecule has 2 rings (SSSR count). The van der Waals surface area contributed by atoms with Crippen molar-refractivity contribution in [1.82, 2.24) is 10.2 Å². The molecule has 0 spiro atoms. The van der Waals surface area contributed by atoms with Crippen LogP contribution in [0.15, 0.2) is 0 Å². The van der Waals surface area contributed by atoms with Crippen molar-refractivity contribution >= 4 is 0 Å². The van der Waals surface area contributed by atoms with E-state index in [9.17, 15) is 0 Å². The summed E-state index contributed by atoms with van der Waals surface area (Å²) < 4.78 is 5.61. The monoisotopic (exact) mass is 282 g/mol. The van der Waals surface area contributed by atoms with Gasteiger partial charge < -0.3 is 15.0 Å². The van der Waals surface area contributed by atoms with Crippen molar-refractivity contribution in [3.63, 3.8) is 0 Å². The van der Waals surface area contributed by atoms with Crippen LogP contribution in [0.5, 0.6) is 0 Å². The van der Waals surface area contributed by atoms with E-state index in [4.69, 9.17) is 4.74 Å². The highest BCUT2D eigenvalue weighted by atomic mass is 16.5. The first-order valence-corrected chi connectivity index (χ1v) is 8.76. The van der Waals surface area contributed by atoms with Crippen LogP contribution in [0.1, 0.15) is 52.9 Å². The predicted octanol–water partition coefficient (Wildman–Crippen LogP) is 2.90. The minimum Gasteiger partial charge on any atom is -0.381 e. The van der Waals surface area contributed by atoms with E-state index in [0.29, 0.717) is 11.5 Å². The summed E-state index contributed by atoms with van der Waals surface area (Å²) >= 11 is 0. The maximum absolute atomic E-state index is 5.61. The van der Waals surface area contributed by atoms with Crippen LogP contribution in [0.3, 0.4) is 0 Å². The summed E-state index contributed by atoms with van der Waals surface area (Å²) in [5.74, 6) is 0.722. The molecule has 20 heavy (non-hydrogen) atoms. The molecule has 0 amide bonds. The average Bonchev–Trinajstić information content (AvgIpc) is 3.13. The fourth-order valence-electron chi connectivity index (χ4n) is 3.87. The van der Waals surface area contributed by atoms with Crippen molar-refractivity contribution < 1.29 is 4.74 Å². The van der Waals surface area contributed by atoms with Gasteiger partial charge in [0.15, 0.2) is 0 Å². The number of nitrogens with one attached hydrogen (secondary N) is 1. The van der Waals surface area contributed by atoms with E-state index >= 15 is 0 Å². The molecule has 2 saturated heterocycles. The quantitative estimate of drug-likeness (QED) is 0.741. The second kappa shape index (κ2) is 7.77. The lowest BCUT2D eigenvalue weighted by Gasteiger charge is -2.31. The first-order chi connectivity index (χ1) is 9.73. The van der Waals surface area contributed by atoms with Gasteiger partial charge in [-0.1, -0.05) is 20.8 Å². The van der Waals surface area contributed by atoms with E-state index in [2.05, 4.69) is 31.0 Å². The Labute approximate surface area is 125 Å². The third-order valence-electron chi connectivity index (χ3n) is 5.66. The summed E-state index contributed by atoms with van der Waals surface area (Å²) in [6, 6.07) is 0.627. The lowest BCUT2D eigenvalue weighted by atomic mass is 9.82. The van der Waals surface area contributed by atoms with Crippen LogP contribution in [0.2, 0.25) is 0 Å². The van der Waals surface area contributed by atoms with E-state index in [1.165, 1.54) is 51.7 Å². The van der Waals surface area contributed by atoms with Crippen molar-refractivity contribution in [2.24, 2.45) is 11.3 Å². The molecule has 2 aliphatic rings. The van der Waals surface area contributed by atoms with Gasteiger partial charge in [-0.2, -0.15) is 0 Å². The predicted molar refractivity (Wildman–Crippen MR) is 85.1 cm³/mol. The van der Waals surface area contributed by atoms with E-state index < -0.39 is 0 Å². The second-order valence-corrected chi connectivity index (χ2v) is 6.88. The Balaban J connectivity index is 1.87. The molecule has 2 fully saturated rings. The summed E-state index contributed by atoms with van der Waals surface area (Å²) in [6.45, 7) is 13.9. The molecule has 2 unspecified atom stereocenters. The van der Waals surface area contributed by atoms with Gasteiger partial charge >= 0.3 is 0 Å². The zero-order valence-electron chi connectivity index (χ0n) is 13.8. The lowest BCUT2D eigenvalue weighted by Crippen LogP contribution is -2.46. The normalized spacial score (nSPS) is 28.1. The minimum absolute atomic E-state index is 0.599. The Morgan fingerprint density at radius 1 is 1.30 bits per heavy atom. The van der Waals surface area contributed by atoms with Crippen LogP contribution in [-0.2, 0) is 4.74 Å². The zero-order chi connectivity index (χ0) is 14.4. The molecule has 0 aromatic rings. The smallest absolute Gasteiger partial charge is 0.0510 e. The van der Waals surface area contributed by atoms with E-state index in [0.717, 1.165) is 25.7 Å². The molecule has 3 heteroatoms. The van der Waals surface area contributed by atoms with Crippen molar-refractivity contribution in [3.05, 3.63) is 0 Å². The number of likely N-dealkylation sites (tertiary alicyclic amines) is 1. The van der Waals surface area contributed by atoms with E-state index in [1.807, 2.05) is 0 Å². The van der Waals surface area contributed by atoms with Crippen LogP contribution in [0.25, 0.3) is 0 Å².